The van der Waals surface area contributed by atoms with Crippen molar-refractivity contribution in [1.82, 2.24) is 20.4 Å². The molecule has 0 aliphatic carbocycles. The molecule has 2 fully saturated rings. The lowest BCUT2D eigenvalue weighted by molar-refractivity contribution is -0.384. The largest absolute Gasteiger partial charge is 0.459 e. The minimum Gasteiger partial charge on any atom is -0.459 e. The van der Waals surface area contributed by atoms with Crippen LogP contribution in [-0.2, 0) is 16.0 Å². The number of hydrogen-bond donors (Lipinski definition) is 2. The highest BCUT2D eigenvalue weighted by Gasteiger charge is 2.44. The van der Waals surface area contributed by atoms with Gasteiger partial charge in [0.2, 0.25) is 11.8 Å². The molecule has 1 aromatic heterocycles. The molecule has 2 saturated heterocycles. The molecular weight excluding hydrogens is 478 g/mol. The van der Waals surface area contributed by atoms with Crippen molar-refractivity contribution in [2.45, 2.75) is 24.8 Å². The summed E-state index contributed by atoms with van der Waals surface area (Å²) in [5.74, 6) is -0.540. The lowest BCUT2D eigenvalue weighted by Crippen LogP contribution is -2.65. The van der Waals surface area contributed by atoms with Crippen LogP contribution in [0.4, 0.5) is 5.69 Å². The molecule has 0 atom stereocenters. The standard InChI is InChI=1S/C23H26ClN5O6/c24-17-4-3-16(14-18(17)29(33)34)15-20(30)26-23(5-7-25-8-6-23)22(32)28-11-9-27(10-12-28)21(31)19-2-1-13-35-19/h1-4,13-14,25H,5-12,15H2,(H,26,30). The lowest BCUT2D eigenvalue weighted by atomic mass is 9.86. The quantitative estimate of drug-likeness (QED) is 0.451. The zero-order valence-electron chi connectivity index (χ0n) is 19.0. The molecule has 1 aromatic carbocycles. The van der Waals surface area contributed by atoms with Crippen LogP contribution < -0.4 is 10.6 Å². The van der Waals surface area contributed by atoms with Gasteiger partial charge in [0.15, 0.2) is 5.76 Å². The Hall–Kier alpha value is -3.44. The van der Waals surface area contributed by atoms with E-state index >= 15 is 0 Å². The van der Waals surface area contributed by atoms with Crippen molar-refractivity contribution in [3.63, 3.8) is 0 Å². The number of carbonyl (C=O) groups excluding carboxylic acids is 3. The number of carbonyl (C=O) groups is 3. The summed E-state index contributed by atoms with van der Waals surface area (Å²) in [6.45, 7) is 2.55. The van der Waals surface area contributed by atoms with Gasteiger partial charge in [-0.25, -0.2) is 0 Å². The molecular formula is C23H26ClN5O6. The highest BCUT2D eigenvalue weighted by molar-refractivity contribution is 6.32. The monoisotopic (exact) mass is 503 g/mol. The molecule has 2 aromatic rings. The molecule has 0 spiro atoms. The van der Waals surface area contributed by atoms with E-state index in [9.17, 15) is 24.5 Å². The van der Waals surface area contributed by atoms with Gasteiger partial charge in [0.05, 0.1) is 17.6 Å². The first-order valence-electron chi connectivity index (χ1n) is 11.4. The molecule has 0 unspecified atom stereocenters. The summed E-state index contributed by atoms with van der Waals surface area (Å²) >= 11 is 5.86. The van der Waals surface area contributed by atoms with Crippen LogP contribution in [0.25, 0.3) is 0 Å². The van der Waals surface area contributed by atoms with Gasteiger partial charge in [-0.3, -0.25) is 24.5 Å². The Kier molecular flexibility index (Phi) is 7.37. The molecule has 12 heteroatoms. The maximum atomic E-state index is 13.6. The third-order valence-electron chi connectivity index (χ3n) is 6.40. The number of benzene rings is 1. The molecule has 3 amide bonds. The molecule has 0 bridgehead atoms. The van der Waals surface area contributed by atoms with E-state index in [1.165, 1.54) is 18.4 Å². The van der Waals surface area contributed by atoms with Gasteiger partial charge in [-0.15, -0.1) is 0 Å². The van der Waals surface area contributed by atoms with Gasteiger partial charge >= 0.3 is 0 Å². The predicted molar refractivity (Wildman–Crippen MR) is 126 cm³/mol. The van der Waals surface area contributed by atoms with E-state index in [2.05, 4.69) is 10.6 Å². The zero-order valence-corrected chi connectivity index (χ0v) is 19.8. The van der Waals surface area contributed by atoms with Gasteiger partial charge in [0.25, 0.3) is 11.6 Å². The molecule has 2 N–H and O–H groups in total. The Morgan fingerprint density at radius 1 is 1.11 bits per heavy atom. The van der Waals surface area contributed by atoms with E-state index in [4.69, 9.17) is 16.0 Å². The highest BCUT2D eigenvalue weighted by Crippen LogP contribution is 2.26. The zero-order chi connectivity index (χ0) is 25.0. The fourth-order valence-corrected chi connectivity index (χ4v) is 4.71. The Morgan fingerprint density at radius 2 is 1.80 bits per heavy atom. The molecule has 3 heterocycles. The number of piperazine rings is 1. The van der Waals surface area contributed by atoms with Gasteiger partial charge in [-0.1, -0.05) is 17.7 Å². The van der Waals surface area contributed by atoms with Crippen molar-refractivity contribution >= 4 is 35.0 Å². The topological polar surface area (TPSA) is 138 Å². The number of nitrogens with one attached hydrogen (secondary N) is 2. The van der Waals surface area contributed by atoms with E-state index in [1.54, 1.807) is 28.0 Å². The lowest BCUT2D eigenvalue weighted by Gasteiger charge is -2.43. The number of nitro benzene ring substituents is 1. The summed E-state index contributed by atoms with van der Waals surface area (Å²) in [6.07, 6.45) is 2.17. The number of hydrogen-bond acceptors (Lipinski definition) is 7. The van der Waals surface area contributed by atoms with Crippen LogP contribution in [0.2, 0.25) is 5.02 Å². The number of nitrogens with zero attached hydrogens (tertiary/aromatic N) is 3. The minimum absolute atomic E-state index is 0.00571. The molecule has 11 nitrogen and oxygen atoms in total. The first kappa shape index (κ1) is 24.7. The summed E-state index contributed by atoms with van der Waals surface area (Å²) in [4.78, 5) is 53.0. The fourth-order valence-electron chi connectivity index (χ4n) is 4.52. The maximum absolute atomic E-state index is 13.6. The first-order chi connectivity index (χ1) is 16.8. The van der Waals surface area contributed by atoms with E-state index in [1.807, 2.05) is 0 Å². The molecule has 2 aliphatic rings. The van der Waals surface area contributed by atoms with Crippen LogP contribution >= 0.6 is 11.6 Å². The van der Waals surface area contributed by atoms with Crippen molar-refractivity contribution in [2.75, 3.05) is 39.3 Å². The Balaban J connectivity index is 1.42. The summed E-state index contributed by atoms with van der Waals surface area (Å²) in [7, 11) is 0. The number of amides is 3. The van der Waals surface area contributed by atoms with Crippen LogP contribution in [0.3, 0.4) is 0 Å². The second kappa shape index (κ2) is 10.4. The number of piperidine rings is 1. The van der Waals surface area contributed by atoms with Gasteiger partial charge in [0.1, 0.15) is 10.6 Å². The van der Waals surface area contributed by atoms with E-state index in [-0.39, 0.29) is 34.7 Å². The van der Waals surface area contributed by atoms with E-state index in [0.29, 0.717) is 57.7 Å². The Labute approximate surface area is 206 Å². The predicted octanol–water partition coefficient (Wildman–Crippen LogP) is 1.61. The fraction of sp³-hybridized carbons (Fsp3) is 0.435. The van der Waals surface area contributed by atoms with Gasteiger partial charge in [-0.2, -0.15) is 0 Å². The van der Waals surface area contributed by atoms with Crippen molar-refractivity contribution in [3.05, 3.63) is 63.1 Å². The van der Waals surface area contributed by atoms with Crippen LogP contribution in [0.1, 0.15) is 29.0 Å². The Bertz CT molecular complexity index is 1110. The van der Waals surface area contributed by atoms with Gasteiger partial charge in [0, 0.05) is 32.2 Å². The number of nitro groups is 1. The second-order valence-corrected chi connectivity index (χ2v) is 9.07. The van der Waals surface area contributed by atoms with E-state index in [0.717, 1.165) is 0 Å². The maximum Gasteiger partial charge on any atom is 0.289 e. The molecule has 0 saturated carbocycles. The van der Waals surface area contributed by atoms with Crippen LogP contribution in [0.5, 0.6) is 0 Å². The van der Waals surface area contributed by atoms with Crippen molar-refractivity contribution in [1.29, 1.82) is 0 Å². The molecule has 35 heavy (non-hydrogen) atoms. The average Bonchev–Trinajstić information content (AvgIpc) is 3.40. The summed E-state index contributed by atoms with van der Waals surface area (Å²) in [5, 5.41) is 17.3. The first-order valence-corrected chi connectivity index (χ1v) is 11.7. The SMILES string of the molecule is O=C(Cc1ccc(Cl)c([N+](=O)[O-])c1)NC1(C(=O)N2CCN(C(=O)c3ccco3)CC2)CCNCC1. The van der Waals surface area contributed by atoms with Gasteiger partial charge in [-0.05, 0) is 49.7 Å². The summed E-state index contributed by atoms with van der Waals surface area (Å²) in [5.41, 5.74) is -0.916. The van der Waals surface area contributed by atoms with Crippen LogP contribution in [-0.4, -0.2) is 77.3 Å². The minimum atomic E-state index is -1.08. The third-order valence-corrected chi connectivity index (χ3v) is 6.72. The van der Waals surface area contributed by atoms with Crippen molar-refractivity contribution in [3.8, 4) is 0 Å². The molecule has 186 valence electrons. The number of halogens is 1. The van der Waals surface area contributed by atoms with Crippen LogP contribution in [0.15, 0.2) is 41.0 Å². The van der Waals surface area contributed by atoms with Crippen molar-refractivity contribution < 1.29 is 23.7 Å². The van der Waals surface area contributed by atoms with Crippen molar-refractivity contribution in [2.24, 2.45) is 0 Å². The summed E-state index contributed by atoms with van der Waals surface area (Å²) < 4.78 is 5.18. The normalized spacial score (nSPS) is 17.6. The number of furan rings is 1. The highest BCUT2D eigenvalue weighted by atomic mass is 35.5. The summed E-state index contributed by atoms with van der Waals surface area (Å²) in [6, 6.07) is 7.47. The van der Waals surface area contributed by atoms with Gasteiger partial charge < -0.3 is 24.9 Å². The smallest absolute Gasteiger partial charge is 0.289 e. The number of rotatable bonds is 6. The molecule has 2 aliphatic heterocycles. The average molecular weight is 504 g/mol. The van der Waals surface area contributed by atoms with E-state index < -0.39 is 16.4 Å². The Morgan fingerprint density at radius 3 is 2.43 bits per heavy atom. The third kappa shape index (κ3) is 5.46. The second-order valence-electron chi connectivity index (χ2n) is 8.66. The molecule has 0 radical (unpaired) electrons. The molecule has 4 rings (SSSR count). The van der Waals surface area contributed by atoms with Crippen LogP contribution in [0, 0.1) is 10.1 Å².